The topological polar surface area (TPSA) is 58.6 Å². The Kier molecular flexibility index (Phi) is 3.78. The quantitative estimate of drug-likeness (QED) is 0.863. The fraction of sp³-hybridized carbons (Fsp3) is 0.462. The monoisotopic (exact) mass is 269 g/mol. The standard InChI is InChI=1S/C13H16ClNO3/c1-18-13(5-2-6-13)8-15-11-4-3-9(12(16)17)7-10(11)14/h3-4,7,15H,2,5-6,8H2,1H3,(H,16,17). The van der Waals surface area contributed by atoms with Crippen molar-refractivity contribution in [3.05, 3.63) is 28.8 Å². The molecule has 0 aliphatic heterocycles. The van der Waals surface area contributed by atoms with Crippen LogP contribution < -0.4 is 5.32 Å². The van der Waals surface area contributed by atoms with Gasteiger partial charge in [0.2, 0.25) is 0 Å². The van der Waals surface area contributed by atoms with Crippen molar-refractivity contribution in [2.45, 2.75) is 24.9 Å². The number of anilines is 1. The molecule has 0 spiro atoms. The Bertz CT molecular complexity index is 452. The molecule has 0 saturated heterocycles. The van der Waals surface area contributed by atoms with Gasteiger partial charge in [-0.2, -0.15) is 0 Å². The highest BCUT2D eigenvalue weighted by Gasteiger charge is 2.36. The van der Waals surface area contributed by atoms with Crippen molar-refractivity contribution < 1.29 is 14.6 Å². The molecule has 1 saturated carbocycles. The summed E-state index contributed by atoms with van der Waals surface area (Å²) in [5.74, 6) is -0.976. The minimum atomic E-state index is -0.976. The normalized spacial score (nSPS) is 17.0. The van der Waals surface area contributed by atoms with Crippen LogP contribution in [0, 0.1) is 0 Å². The lowest BCUT2D eigenvalue weighted by molar-refractivity contribution is -0.0601. The van der Waals surface area contributed by atoms with E-state index < -0.39 is 5.97 Å². The molecule has 5 heteroatoms. The Morgan fingerprint density at radius 1 is 1.56 bits per heavy atom. The highest BCUT2D eigenvalue weighted by molar-refractivity contribution is 6.33. The number of carboxylic acid groups (broad SMARTS) is 1. The first kappa shape index (κ1) is 13.2. The number of aromatic carboxylic acids is 1. The predicted octanol–water partition coefficient (Wildman–Crippen LogP) is 3.02. The number of nitrogens with one attached hydrogen (secondary N) is 1. The van der Waals surface area contributed by atoms with Gasteiger partial charge in [-0.3, -0.25) is 0 Å². The average molecular weight is 270 g/mol. The van der Waals surface area contributed by atoms with E-state index in [9.17, 15) is 4.79 Å². The summed E-state index contributed by atoms with van der Waals surface area (Å²) in [7, 11) is 1.72. The van der Waals surface area contributed by atoms with Crippen molar-refractivity contribution in [1.29, 1.82) is 0 Å². The molecule has 18 heavy (non-hydrogen) atoms. The van der Waals surface area contributed by atoms with E-state index in [0.29, 0.717) is 11.6 Å². The number of carbonyl (C=O) groups is 1. The van der Waals surface area contributed by atoms with Crippen molar-refractivity contribution in [2.75, 3.05) is 19.0 Å². The van der Waals surface area contributed by atoms with Crippen LogP contribution in [0.5, 0.6) is 0 Å². The molecule has 0 atom stereocenters. The van der Waals surface area contributed by atoms with Gasteiger partial charge in [-0.15, -0.1) is 0 Å². The first-order valence-corrected chi connectivity index (χ1v) is 6.26. The molecule has 0 radical (unpaired) electrons. The minimum absolute atomic E-state index is 0.0885. The highest BCUT2D eigenvalue weighted by atomic mass is 35.5. The molecule has 4 nitrogen and oxygen atoms in total. The third-order valence-corrected chi connectivity index (χ3v) is 3.83. The number of halogens is 1. The van der Waals surface area contributed by atoms with Crippen LogP contribution in [0.1, 0.15) is 29.6 Å². The van der Waals surface area contributed by atoms with Crippen LogP contribution in [-0.2, 0) is 4.74 Å². The van der Waals surface area contributed by atoms with E-state index in [1.807, 2.05) is 0 Å². The Morgan fingerprint density at radius 2 is 2.28 bits per heavy atom. The van der Waals surface area contributed by atoms with E-state index >= 15 is 0 Å². The lowest BCUT2D eigenvalue weighted by atomic mass is 9.80. The first-order chi connectivity index (χ1) is 8.56. The van der Waals surface area contributed by atoms with Crippen LogP contribution >= 0.6 is 11.6 Å². The highest BCUT2D eigenvalue weighted by Crippen LogP contribution is 2.35. The van der Waals surface area contributed by atoms with Gasteiger partial charge in [0.05, 0.1) is 21.9 Å². The number of ether oxygens (including phenoxy) is 1. The Balaban J connectivity index is 2.03. The van der Waals surface area contributed by atoms with Gasteiger partial charge in [0.15, 0.2) is 0 Å². The molecule has 0 bridgehead atoms. The Hall–Kier alpha value is -1.26. The Labute approximate surface area is 111 Å². The first-order valence-electron chi connectivity index (χ1n) is 5.88. The summed E-state index contributed by atoms with van der Waals surface area (Å²) in [6.45, 7) is 0.690. The second-order valence-electron chi connectivity index (χ2n) is 4.59. The third-order valence-electron chi connectivity index (χ3n) is 3.51. The number of hydrogen-bond donors (Lipinski definition) is 2. The van der Waals surface area contributed by atoms with E-state index in [4.69, 9.17) is 21.4 Å². The van der Waals surface area contributed by atoms with Crippen LogP contribution in [0.4, 0.5) is 5.69 Å². The smallest absolute Gasteiger partial charge is 0.335 e. The van der Waals surface area contributed by atoms with E-state index in [2.05, 4.69) is 5.32 Å². The van der Waals surface area contributed by atoms with Gasteiger partial charge < -0.3 is 15.2 Å². The van der Waals surface area contributed by atoms with Gasteiger partial charge in [0.25, 0.3) is 0 Å². The maximum absolute atomic E-state index is 10.8. The van der Waals surface area contributed by atoms with E-state index in [-0.39, 0.29) is 11.2 Å². The largest absolute Gasteiger partial charge is 0.478 e. The van der Waals surface area contributed by atoms with Crippen LogP contribution in [0.15, 0.2) is 18.2 Å². The van der Waals surface area contributed by atoms with Crippen molar-refractivity contribution in [1.82, 2.24) is 0 Å². The van der Waals surface area contributed by atoms with E-state index in [1.165, 1.54) is 18.6 Å². The molecule has 0 amide bonds. The number of methoxy groups -OCH3 is 1. The molecule has 98 valence electrons. The fourth-order valence-corrected chi connectivity index (χ4v) is 2.32. The molecule has 1 aromatic carbocycles. The van der Waals surface area contributed by atoms with Gasteiger partial charge in [0, 0.05) is 13.7 Å². The molecule has 2 N–H and O–H groups in total. The molecule has 0 heterocycles. The van der Waals surface area contributed by atoms with Crippen LogP contribution in [0.2, 0.25) is 5.02 Å². The second-order valence-corrected chi connectivity index (χ2v) is 5.00. The van der Waals surface area contributed by atoms with Crippen LogP contribution in [0.25, 0.3) is 0 Å². The minimum Gasteiger partial charge on any atom is -0.478 e. The summed E-state index contributed by atoms with van der Waals surface area (Å²) < 4.78 is 5.50. The average Bonchev–Trinajstić information content (AvgIpc) is 2.29. The predicted molar refractivity (Wildman–Crippen MR) is 70.5 cm³/mol. The maximum atomic E-state index is 10.8. The molecule has 0 aromatic heterocycles. The summed E-state index contributed by atoms with van der Waals surface area (Å²) in [5.41, 5.74) is 0.843. The number of rotatable bonds is 5. The lowest BCUT2D eigenvalue weighted by Crippen LogP contribution is -2.45. The van der Waals surface area contributed by atoms with Gasteiger partial charge in [-0.05, 0) is 37.5 Å². The molecular weight excluding hydrogens is 254 g/mol. The second kappa shape index (κ2) is 5.16. The van der Waals surface area contributed by atoms with Gasteiger partial charge in [-0.25, -0.2) is 4.79 Å². The lowest BCUT2D eigenvalue weighted by Gasteiger charge is -2.40. The molecular formula is C13H16ClNO3. The van der Waals surface area contributed by atoms with Crippen molar-refractivity contribution in [3.8, 4) is 0 Å². The van der Waals surface area contributed by atoms with Gasteiger partial charge in [0.1, 0.15) is 0 Å². The van der Waals surface area contributed by atoms with Crippen LogP contribution in [-0.4, -0.2) is 30.3 Å². The summed E-state index contributed by atoms with van der Waals surface area (Å²) >= 11 is 6.04. The number of benzene rings is 1. The van der Waals surface area contributed by atoms with E-state index in [0.717, 1.165) is 18.5 Å². The zero-order valence-corrected chi connectivity index (χ0v) is 11.0. The Morgan fingerprint density at radius 3 is 2.72 bits per heavy atom. The summed E-state index contributed by atoms with van der Waals surface area (Å²) in [6.07, 6.45) is 3.27. The molecule has 1 aliphatic rings. The number of hydrogen-bond acceptors (Lipinski definition) is 3. The maximum Gasteiger partial charge on any atom is 0.335 e. The zero-order chi connectivity index (χ0) is 13.2. The molecule has 0 unspecified atom stereocenters. The molecule has 1 fully saturated rings. The SMILES string of the molecule is COC1(CNc2ccc(C(=O)O)cc2Cl)CCC1. The molecule has 1 aliphatic carbocycles. The van der Waals surface area contributed by atoms with Crippen molar-refractivity contribution in [3.63, 3.8) is 0 Å². The fourth-order valence-electron chi connectivity index (χ4n) is 2.07. The number of carboxylic acids is 1. The summed E-state index contributed by atoms with van der Waals surface area (Å²) in [6, 6.07) is 4.68. The third kappa shape index (κ3) is 2.60. The summed E-state index contributed by atoms with van der Waals surface area (Å²) in [4.78, 5) is 10.8. The van der Waals surface area contributed by atoms with Gasteiger partial charge in [-0.1, -0.05) is 11.6 Å². The van der Waals surface area contributed by atoms with Gasteiger partial charge >= 0.3 is 5.97 Å². The molecule has 1 aromatic rings. The zero-order valence-electron chi connectivity index (χ0n) is 10.2. The van der Waals surface area contributed by atoms with E-state index in [1.54, 1.807) is 13.2 Å². The molecule has 2 rings (SSSR count). The van der Waals surface area contributed by atoms with Crippen molar-refractivity contribution in [2.24, 2.45) is 0 Å². The summed E-state index contributed by atoms with van der Waals surface area (Å²) in [5, 5.41) is 12.5. The van der Waals surface area contributed by atoms with Crippen LogP contribution in [0.3, 0.4) is 0 Å². The van der Waals surface area contributed by atoms with Crippen molar-refractivity contribution >= 4 is 23.3 Å².